The SMILES string of the molecule is CN=C(NCCCOC1CCOC1)NCc1ccccc1Oc1ccccc1F.I. The minimum atomic E-state index is -0.390. The number of guanidine groups is 1. The van der Waals surface area contributed by atoms with E-state index in [2.05, 4.69) is 15.6 Å². The maximum absolute atomic E-state index is 13.9. The minimum absolute atomic E-state index is 0. The maximum atomic E-state index is 13.9. The first-order valence-corrected chi connectivity index (χ1v) is 9.90. The van der Waals surface area contributed by atoms with Crippen molar-refractivity contribution in [3.8, 4) is 11.5 Å². The van der Waals surface area contributed by atoms with E-state index in [4.69, 9.17) is 14.2 Å². The number of hydrogen-bond acceptors (Lipinski definition) is 4. The highest BCUT2D eigenvalue weighted by Crippen LogP contribution is 2.27. The van der Waals surface area contributed by atoms with Crippen molar-refractivity contribution in [2.24, 2.45) is 4.99 Å². The Morgan fingerprint density at radius 3 is 2.63 bits per heavy atom. The lowest BCUT2D eigenvalue weighted by Crippen LogP contribution is -2.37. The van der Waals surface area contributed by atoms with E-state index in [1.807, 2.05) is 24.3 Å². The van der Waals surface area contributed by atoms with Crippen molar-refractivity contribution in [3.05, 3.63) is 59.9 Å². The van der Waals surface area contributed by atoms with Crippen LogP contribution in [0.3, 0.4) is 0 Å². The summed E-state index contributed by atoms with van der Waals surface area (Å²) in [5, 5.41) is 6.53. The molecule has 3 rings (SSSR count). The number of nitrogens with one attached hydrogen (secondary N) is 2. The van der Waals surface area contributed by atoms with Gasteiger partial charge in [-0.2, -0.15) is 0 Å². The van der Waals surface area contributed by atoms with Gasteiger partial charge in [0.1, 0.15) is 5.75 Å². The van der Waals surface area contributed by atoms with Gasteiger partial charge in [-0.3, -0.25) is 4.99 Å². The molecule has 1 fully saturated rings. The van der Waals surface area contributed by atoms with Crippen molar-refractivity contribution in [1.82, 2.24) is 10.6 Å². The molecule has 0 radical (unpaired) electrons. The lowest BCUT2D eigenvalue weighted by Gasteiger charge is -2.15. The summed E-state index contributed by atoms with van der Waals surface area (Å²) in [6.45, 7) is 3.44. The molecular formula is C22H29FIN3O3. The Bertz CT molecular complexity index is 801. The average Bonchev–Trinajstić information content (AvgIpc) is 3.26. The van der Waals surface area contributed by atoms with Gasteiger partial charge >= 0.3 is 0 Å². The molecule has 0 amide bonds. The normalized spacial score (nSPS) is 16.1. The molecule has 1 atom stereocenters. The van der Waals surface area contributed by atoms with Gasteiger partial charge in [-0.1, -0.05) is 30.3 Å². The summed E-state index contributed by atoms with van der Waals surface area (Å²) in [5.41, 5.74) is 0.906. The first kappa shape index (κ1) is 24.4. The number of hydrogen-bond donors (Lipinski definition) is 2. The Labute approximate surface area is 194 Å². The number of ether oxygens (including phenoxy) is 3. The second-order valence-corrected chi connectivity index (χ2v) is 6.70. The molecule has 1 aliphatic heterocycles. The van der Waals surface area contributed by atoms with Crippen LogP contribution in [-0.2, 0) is 16.0 Å². The van der Waals surface area contributed by atoms with Crippen LogP contribution in [0.25, 0.3) is 0 Å². The molecule has 6 nitrogen and oxygen atoms in total. The summed E-state index contributed by atoms with van der Waals surface area (Å²) in [6, 6.07) is 13.9. The van der Waals surface area contributed by atoms with Crippen LogP contribution >= 0.6 is 24.0 Å². The first-order valence-electron chi connectivity index (χ1n) is 9.90. The van der Waals surface area contributed by atoms with Crippen LogP contribution in [0, 0.1) is 5.82 Å². The first-order chi connectivity index (χ1) is 14.3. The van der Waals surface area contributed by atoms with E-state index >= 15 is 0 Å². The van der Waals surface area contributed by atoms with Crippen LogP contribution in [0.15, 0.2) is 53.5 Å². The highest BCUT2D eigenvalue weighted by molar-refractivity contribution is 14.0. The molecule has 30 heavy (non-hydrogen) atoms. The summed E-state index contributed by atoms with van der Waals surface area (Å²) < 4.78 is 30.7. The fourth-order valence-corrected chi connectivity index (χ4v) is 2.97. The van der Waals surface area contributed by atoms with Gasteiger partial charge in [0, 0.05) is 38.9 Å². The number of halogens is 2. The molecular weight excluding hydrogens is 500 g/mol. The van der Waals surface area contributed by atoms with Crippen LogP contribution in [0.1, 0.15) is 18.4 Å². The van der Waals surface area contributed by atoms with Gasteiger partial charge in [-0.05, 0) is 31.0 Å². The van der Waals surface area contributed by atoms with Crippen molar-refractivity contribution in [2.75, 3.05) is 33.4 Å². The molecule has 164 valence electrons. The molecule has 1 heterocycles. The molecule has 0 saturated carbocycles. The smallest absolute Gasteiger partial charge is 0.191 e. The predicted molar refractivity (Wildman–Crippen MR) is 126 cm³/mol. The molecule has 2 aromatic rings. The van der Waals surface area contributed by atoms with Crippen LogP contribution in [0.4, 0.5) is 4.39 Å². The molecule has 0 spiro atoms. The van der Waals surface area contributed by atoms with E-state index < -0.39 is 0 Å². The lowest BCUT2D eigenvalue weighted by molar-refractivity contribution is 0.0420. The maximum Gasteiger partial charge on any atom is 0.191 e. The van der Waals surface area contributed by atoms with Crippen molar-refractivity contribution < 1.29 is 18.6 Å². The Balaban J connectivity index is 0.00000320. The molecule has 0 aromatic heterocycles. The number of para-hydroxylation sites is 2. The summed E-state index contributed by atoms with van der Waals surface area (Å²) in [7, 11) is 1.73. The number of benzene rings is 2. The zero-order valence-electron chi connectivity index (χ0n) is 17.1. The quantitative estimate of drug-likeness (QED) is 0.222. The van der Waals surface area contributed by atoms with Crippen molar-refractivity contribution in [3.63, 3.8) is 0 Å². The zero-order chi connectivity index (χ0) is 20.3. The van der Waals surface area contributed by atoms with Gasteiger partial charge in [-0.25, -0.2) is 4.39 Å². The zero-order valence-corrected chi connectivity index (χ0v) is 19.4. The highest BCUT2D eigenvalue weighted by atomic mass is 127. The van der Waals surface area contributed by atoms with E-state index in [1.165, 1.54) is 6.07 Å². The Kier molecular flexibility index (Phi) is 10.9. The topological polar surface area (TPSA) is 64.1 Å². The molecule has 1 saturated heterocycles. The molecule has 1 unspecified atom stereocenters. The Morgan fingerprint density at radius 1 is 1.13 bits per heavy atom. The third kappa shape index (κ3) is 7.73. The van der Waals surface area contributed by atoms with Crippen molar-refractivity contribution >= 4 is 29.9 Å². The van der Waals surface area contributed by atoms with Crippen LogP contribution < -0.4 is 15.4 Å². The second kappa shape index (κ2) is 13.4. The highest BCUT2D eigenvalue weighted by Gasteiger charge is 2.15. The molecule has 1 aliphatic rings. The largest absolute Gasteiger partial charge is 0.454 e. The third-order valence-corrected chi connectivity index (χ3v) is 4.55. The van der Waals surface area contributed by atoms with Gasteiger partial charge < -0.3 is 24.8 Å². The Hall–Kier alpha value is -1.91. The van der Waals surface area contributed by atoms with E-state index in [1.54, 1.807) is 25.2 Å². The van der Waals surface area contributed by atoms with Crippen molar-refractivity contribution in [1.29, 1.82) is 0 Å². The van der Waals surface area contributed by atoms with Gasteiger partial charge in [-0.15, -0.1) is 24.0 Å². The number of nitrogens with zero attached hydrogens (tertiary/aromatic N) is 1. The molecule has 2 N–H and O–H groups in total. The molecule has 8 heteroatoms. The summed E-state index contributed by atoms with van der Waals surface area (Å²) in [5.74, 6) is 1.11. The monoisotopic (exact) mass is 529 g/mol. The van der Waals surface area contributed by atoms with Crippen molar-refractivity contribution in [2.45, 2.75) is 25.5 Å². The van der Waals surface area contributed by atoms with Gasteiger partial charge in [0.25, 0.3) is 0 Å². The summed E-state index contributed by atoms with van der Waals surface area (Å²) in [6.07, 6.45) is 2.09. The summed E-state index contributed by atoms with van der Waals surface area (Å²) in [4.78, 5) is 4.24. The van der Waals surface area contributed by atoms with E-state index in [9.17, 15) is 4.39 Å². The lowest BCUT2D eigenvalue weighted by atomic mass is 10.2. The third-order valence-electron chi connectivity index (χ3n) is 4.55. The van der Waals surface area contributed by atoms with Crippen LogP contribution in [0.5, 0.6) is 11.5 Å². The van der Waals surface area contributed by atoms with E-state index in [0.29, 0.717) is 31.5 Å². The molecule has 0 bridgehead atoms. The van der Waals surface area contributed by atoms with Crippen LogP contribution in [-0.4, -0.2) is 45.5 Å². The van der Waals surface area contributed by atoms with E-state index in [0.717, 1.165) is 31.6 Å². The number of rotatable bonds is 9. The minimum Gasteiger partial charge on any atom is -0.454 e. The van der Waals surface area contributed by atoms with Gasteiger partial charge in [0.2, 0.25) is 0 Å². The average molecular weight is 529 g/mol. The second-order valence-electron chi connectivity index (χ2n) is 6.70. The fourth-order valence-electron chi connectivity index (χ4n) is 2.97. The summed E-state index contributed by atoms with van der Waals surface area (Å²) >= 11 is 0. The van der Waals surface area contributed by atoms with Crippen LogP contribution in [0.2, 0.25) is 0 Å². The predicted octanol–water partition coefficient (Wildman–Crippen LogP) is 4.10. The Morgan fingerprint density at radius 2 is 1.90 bits per heavy atom. The molecule has 0 aliphatic carbocycles. The molecule has 2 aromatic carbocycles. The van der Waals surface area contributed by atoms with E-state index in [-0.39, 0.29) is 41.6 Å². The standard InChI is InChI=1S/C22H28FN3O3.HI/c1-24-22(25-12-6-13-28-18-11-14-27-16-18)26-15-17-7-2-4-9-20(17)29-21-10-5-3-8-19(21)23;/h2-5,7-10,18H,6,11-16H2,1H3,(H2,24,25,26);1H. The fraction of sp³-hybridized carbons (Fsp3) is 0.409. The van der Waals surface area contributed by atoms with Gasteiger partial charge in [0.05, 0.1) is 12.7 Å². The number of aliphatic imine (C=N–C) groups is 1. The van der Waals surface area contributed by atoms with Gasteiger partial charge in [0.15, 0.2) is 17.5 Å².